The molecule has 3 heteroatoms. The van der Waals surface area contributed by atoms with Crippen LogP contribution in [0, 0.1) is 0 Å². The van der Waals surface area contributed by atoms with E-state index in [-0.39, 0.29) is 11.9 Å². The molecule has 0 fully saturated rings. The Hall–Kier alpha value is -1.77. The highest BCUT2D eigenvalue weighted by Gasteiger charge is 2.07. The topological polar surface area (TPSA) is 42.1 Å². The predicted molar refractivity (Wildman–Crippen MR) is 68.4 cm³/mol. The lowest BCUT2D eigenvalue weighted by molar-refractivity contribution is -0.116. The molecule has 1 N–H and O–H groups in total. The first-order chi connectivity index (χ1) is 8.06. The molecular formula is C14H17NO2. The number of H-pyrrole nitrogens is 1. The summed E-state index contributed by atoms with van der Waals surface area (Å²) in [5, 5.41) is 1.07. The second-order valence-electron chi connectivity index (χ2n) is 4.57. The lowest BCUT2D eigenvalue weighted by Gasteiger charge is -2.09. The van der Waals surface area contributed by atoms with Gasteiger partial charge in [0.15, 0.2) is 0 Å². The summed E-state index contributed by atoms with van der Waals surface area (Å²) >= 11 is 0. The van der Waals surface area contributed by atoms with Crippen molar-refractivity contribution in [3.8, 4) is 5.75 Å². The zero-order chi connectivity index (χ0) is 12.4. The van der Waals surface area contributed by atoms with Gasteiger partial charge in [-0.1, -0.05) is 0 Å². The molecule has 3 nitrogen and oxygen atoms in total. The maximum absolute atomic E-state index is 11.2. The average molecular weight is 231 g/mol. The average Bonchev–Trinajstić information content (AvgIpc) is 2.59. The maximum Gasteiger partial charge on any atom is 0.134 e. The van der Waals surface area contributed by atoms with Crippen LogP contribution in [0.25, 0.3) is 10.9 Å². The largest absolute Gasteiger partial charge is 0.491 e. The van der Waals surface area contributed by atoms with Gasteiger partial charge >= 0.3 is 0 Å². The van der Waals surface area contributed by atoms with Gasteiger partial charge in [-0.05, 0) is 44.5 Å². The van der Waals surface area contributed by atoms with Crippen molar-refractivity contribution in [2.45, 2.75) is 33.3 Å². The molecule has 1 aromatic carbocycles. The van der Waals surface area contributed by atoms with Crippen molar-refractivity contribution in [3.63, 3.8) is 0 Å². The number of hydrogen-bond acceptors (Lipinski definition) is 2. The number of ether oxygens (including phenoxy) is 1. The number of aromatic nitrogens is 1. The van der Waals surface area contributed by atoms with Gasteiger partial charge in [0.1, 0.15) is 11.5 Å². The smallest absolute Gasteiger partial charge is 0.134 e. The van der Waals surface area contributed by atoms with E-state index in [1.165, 1.54) is 0 Å². The number of fused-ring (bicyclic) bond motifs is 1. The van der Waals surface area contributed by atoms with Crippen LogP contribution in [0.4, 0.5) is 0 Å². The van der Waals surface area contributed by atoms with E-state index in [1.54, 1.807) is 6.92 Å². The zero-order valence-corrected chi connectivity index (χ0v) is 10.4. The Morgan fingerprint density at radius 1 is 1.41 bits per heavy atom. The number of ketones is 1. The summed E-state index contributed by atoms with van der Waals surface area (Å²) in [6, 6.07) is 5.91. The van der Waals surface area contributed by atoms with Crippen LogP contribution in [0.2, 0.25) is 0 Å². The van der Waals surface area contributed by atoms with Gasteiger partial charge in [0.2, 0.25) is 0 Å². The number of nitrogens with one attached hydrogen (secondary N) is 1. The Labute approximate surface area is 101 Å². The highest BCUT2D eigenvalue weighted by molar-refractivity contribution is 5.89. The Morgan fingerprint density at radius 2 is 2.18 bits per heavy atom. The third kappa shape index (κ3) is 2.67. The van der Waals surface area contributed by atoms with Gasteiger partial charge in [0.25, 0.3) is 0 Å². The molecule has 0 amide bonds. The highest BCUT2D eigenvalue weighted by atomic mass is 16.5. The van der Waals surface area contributed by atoms with E-state index in [1.807, 2.05) is 38.2 Å². The third-order valence-electron chi connectivity index (χ3n) is 2.55. The molecule has 1 heterocycles. The molecule has 0 saturated carbocycles. The van der Waals surface area contributed by atoms with Crippen LogP contribution in [0.3, 0.4) is 0 Å². The van der Waals surface area contributed by atoms with Gasteiger partial charge in [-0.2, -0.15) is 0 Å². The summed E-state index contributed by atoms with van der Waals surface area (Å²) in [6.07, 6.45) is 2.51. The molecule has 2 rings (SSSR count). The van der Waals surface area contributed by atoms with Gasteiger partial charge in [-0.25, -0.2) is 0 Å². The van der Waals surface area contributed by atoms with Gasteiger partial charge in [-0.3, -0.25) is 4.79 Å². The minimum Gasteiger partial charge on any atom is -0.491 e. The molecule has 0 spiro atoms. The fourth-order valence-electron chi connectivity index (χ4n) is 1.92. The molecule has 1 aromatic heterocycles. The van der Waals surface area contributed by atoms with Crippen LogP contribution in [0.5, 0.6) is 5.75 Å². The van der Waals surface area contributed by atoms with Crippen molar-refractivity contribution < 1.29 is 9.53 Å². The van der Waals surface area contributed by atoms with Crippen molar-refractivity contribution in [1.29, 1.82) is 0 Å². The van der Waals surface area contributed by atoms with Crippen molar-refractivity contribution in [2.24, 2.45) is 0 Å². The summed E-state index contributed by atoms with van der Waals surface area (Å²) < 4.78 is 5.65. The summed E-state index contributed by atoms with van der Waals surface area (Å²) in [4.78, 5) is 14.3. The minimum atomic E-state index is 0.155. The molecule has 0 atom stereocenters. The summed E-state index contributed by atoms with van der Waals surface area (Å²) in [5.74, 6) is 1.01. The summed E-state index contributed by atoms with van der Waals surface area (Å²) in [5.41, 5.74) is 2.07. The Balaban J connectivity index is 2.39. The fourth-order valence-corrected chi connectivity index (χ4v) is 1.92. The summed E-state index contributed by atoms with van der Waals surface area (Å²) in [7, 11) is 0. The first kappa shape index (κ1) is 11.7. The maximum atomic E-state index is 11.2. The van der Waals surface area contributed by atoms with Gasteiger partial charge in [0.05, 0.1) is 6.10 Å². The molecular weight excluding hydrogens is 214 g/mol. The molecule has 0 aliphatic carbocycles. The zero-order valence-electron chi connectivity index (χ0n) is 10.4. The number of benzene rings is 1. The van der Waals surface area contributed by atoms with Gasteiger partial charge in [-0.15, -0.1) is 0 Å². The molecule has 0 radical (unpaired) electrons. The Kier molecular flexibility index (Phi) is 3.18. The van der Waals surface area contributed by atoms with E-state index >= 15 is 0 Å². The first-order valence-corrected chi connectivity index (χ1v) is 5.82. The first-order valence-electron chi connectivity index (χ1n) is 5.82. The summed E-state index contributed by atoms with van der Waals surface area (Å²) in [6.45, 7) is 5.60. The van der Waals surface area contributed by atoms with Gasteiger partial charge < -0.3 is 9.72 Å². The lowest BCUT2D eigenvalue weighted by Crippen LogP contribution is -2.05. The molecule has 90 valence electrons. The van der Waals surface area contributed by atoms with E-state index in [9.17, 15) is 4.79 Å². The lowest BCUT2D eigenvalue weighted by atomic mass is 10.1. The van der Waals surface area contributed by atoms with E-state index in [4.69, 9.17) is 4.74 Å². The second kappa shape index (κ2) is 4.62. The number of hydrogen-bond donors (Lipinski definition) is 1. The van der Waals surface area contributed by atoms with Crippen LogP contribution < -0.4 is 4.74 Å². The molecule has 2 aromatic rings. The van der Waals surface area contributed by atoms with E-state index in [0.29, 0.717) is 6.42 Å². The van der Waals surface area contributed by atoms with Crippen molar-refractivity contribution in [1.82, 2.24) is 4.98 Å². The number of aromatic amines is 1. The molecule has 17 heavy (non-hydrogen) atoms. The standard InChI is InChI=1S/C14H17NO2/c1-9(2)17-12-4-5-14-13(7-12)11(8-15-14)6-10(3)16/h4-5,7-9,15H,6H2,1-3H3. The van der Waals surface area contributed by atoms with Crippen molar-refractivity contribution >= 4 is 16.7 Å². The van der Waals surface area contributed by atoms with Crippen molar-refractivity contribution in [2.75, 3.05) is 0 Å². The molecule has 0 aliphatic rings. The Bertz CT molecular complexity index is 540. The van der Waals surface area contributed by atoms with E-state index in [0.717, 1.165) is 22.2 Å². The fraction of sp³-hybridized carbons (Fsp3) is 0.357. The number of rotatable bonds is 4. The number of carbonyl (C=O) groups excluding carboxylic acids is 1. The molecule has 0 unspecified atom stereocenters. The predicted octanol–water partition coefficient (Wildman–Crippen LogP) is 3.09. The Morgan fingerprint density at radius 3 is 2.82 bits per heavy atom. The van der Waals surface area contributed by atoms with Gasteiger partial charge in [0, 0.05) is 23.5 Å². The van der Waals surface area contributed by atoms with Crippen LogP contribution in [0.1, 0.15) is 26.3 Å². The van der Waals surface area contributed by atoms with Crippen LogP contribution >= 0.6 is 0 Å². The number of carbonyl (C=O) groups is 1. The van der Waals surface area contributed by atoms with E-state index < -0.39 is 0 Å². The van der Waals surface area contributed by atoms with Crippen molar-refractivity contribution in [3.05, 3.63) is 30.0 Å². The SMILES string of the molecule is CC(=O)Cc1c[nH]c2ccc(OC(C)C)cc12. The highest BCUT2D eigenvalue weighted by Crippen LogP contribution is 2.24. The monoisotopic (exact) mass is 231 g/mol. The second-order valence-corrected chi connectivity index (χ2v) is 4.57. The number of Topliss-reactive ketones (excluding diaryl/α,β-unsaturated/α-hetero) is 1. The van der Waals surface area contributed by atoms with Crippen LogP contribution in [-0.2, 0) is 11.2 Å². The van der Waals surface area contributed by atoms with Crippen LogP contribution in [-0.4, -0.2) is 16.9 Å². The molecule has 0 bridgehead atoms. The minimum absolute atomic E-state index is 0.155. The quantitative estimate of drug-likeness (QED) is 0.878. The van der Waals surface area contributed by atoms with Crippen LogP contribution in [0.15, 0.2) is 24.4 Å². The molecule has 0 saturated heterocycles. The third-order valence-corrected chi connectivity index (χ3v) is 2.55. The normalized spacial score (nSPS) is 11.1. The van der Waals surface area contributed by atoms with E-state index in [2.05, 4.69) is 4.98 Å². The molecule has 0 aliphatic heterocycles.